The fourth-order valence-corrected chi connectivity index (χ4v) is 4.77. The molecule has 7 heteroatoms. The normalized spacial score (nSPS) is 20.5. The second kappa shape index (κ2) is 8.41. The zero-order chi connectivity index (χ0) is 20.4. The van der Waals surface area contributed by atoms with E-state index >= 15 is 0 Å². The van der Waals surface area contributed by atoms with E-state index in [2.05, 4.69) is 21.3 Å². The van der Waals surface area contributed by atoms with Gasteiger partial charge in [0.25, 0.3) is 0 Å². The lowest BCUT2D eigenvalue weighted by atomic mass is 9.84. The number of hydrogen-bond acceptors (Lipinski definition) is 5. The Kier molecular flexibility index (Phi) is 5.72. The summed E-state index contributed by atoms with van der Waals surface area (Å²) in [6.07, 6.45) is 4.50. The number of rotatable bonds is 4. The fraction of sp³-hybridized carbons (Fsp3) is 0.409. The number of aromatic nitrogens is 1. The molecule has 2 aliphatic heterocycles. The molecule has 2 saturated heterocycles. The Bertz CT molecular complexity index is 925. The van der Waals surface area contributed by atoms with Crippen LogP contribution in [-0.2, 0) is 9.59 Å². The minimum Gasteiger partial charge on any atom is -0.480 e. The fourth-order valence-electron chi connectivity index (χ4n) is 4.35. The van der Waals surface area contributed by atoms with Crippen LogP contribution in [0.25, 0.3) is 0 Å². The van der Waals surface area contributed by atoms with Crippen LogP contribution in [0, 0.1) is 0 Å². The number of ether oxygens (including phenoxy) is 1. The lowest BCUT2D eigenvalue weighted by Crippen LogP contribution is -2.39. The third-order valence-electron chi connectivity index (χ3n) is 5.89. The number of pyridine rings is 1. The molecule has 1 atom stereocenters. The van der Waals surface area contributed by atoms with Crippen LogP contribution in [-0.4, -0.2) is 37.0 Å². The van der Waals surface area contributed by atoms with Crippen molar-refractivity contribution in [3.05, 3.63) is 52.7 Å². The molecule has 0 spiro atoms. The molecular formula is C22H24ClN3O3. The molecule has 0 bridgehead atoms. The number of anilines is 1. The number of imide groups is 1. The van der Waals surface area contributed by atoms with Gasteiger partial charge in [-0.1, -0.05) is 29.8 Å². The second-order valence-electron chi connectivity index (χ2n) is 7.55. The number of hydrogen-bond donors (Lipinski definition) is 1. The zero-order valence-corrected chi connectivity index (χ0v) is 17.1. The summed E-state index contributed by atoms with van der Waals surface area (Å²) < 4.78 is 5.39. The zero-order valence-electron chi connectivity index (χ0n) is 16.4. The Hall–Kier alpha value is -2.60. The van der Waals surface area contributed by atoms with Gasteiger partial charge >= 0.3 is 0 Å². The summed E-state index contributed by atoms with van der Waals surface area (Å²) in [6.45, 7) is 1.76. The van der Waals surface area contributed by atoms with Crippen molar-refractivity contribution in [2.45, 2.75) is 37.5 Å². The van der Waals surface area contributed by atoms with Crippen LogP contribution in [0.2, 0.25) is 5.02 Å². The summed E-state index contributed by atoms with van der Waals surface area (Å²) in [7, 11) is 1.64. The number of methoxy groups -OCH3 is 1. The van der Waals surface area contributed by atoms with E-state index in [0.29, 0.717) is 29.7 Å². The van der Waals surface area contributed by atoms with Gasteiger partial charge < -0.3 is 9.64 Å². The standard InChI is InChI=1S/C22H24ClN3O3/c1-29-22-18(6-3-11-24-22)26-12-9-14(10-13-26)15-4-2-5-16(20(15)23)17-7-8-19(27)25-21(17)28/h2-6,11,14,17H,7-10,12-13H2,1H3,(H,25,27,28). The van der Waals surface area contributed by atoms with Crippen LogP contribution >= 0.6 is 11.6 Å². The van der Waals surface area contributed by atoms with Crippen molar-refractivity contribution < 1.29 is 14.3 Å². The lowest BCUT2D eigenvalue weighted by molar-refractivity contribution is -0.134. The van der Waals surface area contributed by atoms with Gasteiger partial charge in [-0.05, 0) is 48.4 Å². The van der Waals surface area contributed by atoms with E-state index in [1.807, 2.05) is 24.3 Å². The highest BCUT2D eigenvalue weighted by Crippen LogP contribution is 2.40. The number of nitrogens with zero attached hydrogens (tertiary/aromatic N) is 2. The third-order valence-corrected chi connectivity index (χ3v) is 6.33. The number of benzene rings is 1. The topological polar surface area (TPSA) is 71.5 Å². The summed E-state index contributed by atoms with van der Waals surface area (Å²) in [5.41, 5.74) is 2.93. The van der Waals surface area contributed by atoms with Gasteiger partial charge in [0.05, 0.1) is 18.7 Å². The molecule has 2 amide bonds. The van der Waals surface area contributed by atoms with Crippen molar-refractivity contribution in [2.24, 2.45) is 0 Å². The van der Waals surface area contributed by atoms with Gasteiger partial charge in [-0.15, -0.1) is 0 Å². The summed E-state index contributed by atoms with van der Waals surface area (Å²) in [6, 6.07) is 9.88. The Morgan fingerprint density at radius 3 is 2.59 bits per heavy atom. The molecule has 6 nitrogen and oxygen atoms in total. The van der Waals surface area contributed by atoms with Crippen LogP contribution < -0.4 is 15.0 Å². The molecule has 1 aromatic carbocycles. The van der Waals surface area contributed by atoms with Gasteiger partial charge in [0.15, 0.2) is 0 Å². The van der Waals surface area contributed by atoms with E-state index in [1.54, 1.807) is 13.3 Å². The van der Waals surface area contributed by atoms with E-state index < -0.39 is 0 Å². The van der Waals surface area contributed by atoms with Gasteiger partial charge in [0.1, 0.15) is 0 Å². The van der Waals surface area contributed by atoms with Crippen molar-refractivity contribution in [3.8, 4) is 5.88 Å². The molecule has 29 heavy (non-hydrogen) atoms. The molecular weight excluding hydrogens is 390 g/mol. The van der Waals surface area contributed by atoms with Gasteiger partial charge in [-0.3, -0.25) is 14.9 Å². The minimum absolute atomic E-state index is 0.211. The molecule has 2 fully saturated rings. The molecule has 1 aromatic heterocycles. The molecule has 4 rings (SSSR count). The molecule has 1 unspecified atom stereocenters. The van der Waals surface area contributed by atoms with Crippen molar-refractivity contribution in [1.82, 2.24) is 10.3 Å². The number of carbonyl (C=O) groups is 2. The molecule has 2 aromatic rings. The number of amides is 2. The van der Waals surface area contributed by atoms with Crippen LogP contribution in [0.4, 0.5) is 5.69 Å². The number of carbonyl (C=O) groups excluding carboxylic acids is 2. The second-order valence-corrected chi connectivity index (χ2v) is 7.93. The third kappa shape index (κ3) is 3.94. The molecule has 152 valence electrons. The Balaban J connectivity index is 1.50. The van der Waals surface area contributed by atoms with Gasteiger partial charge in [-0.2, -0.15) is 0 Å². The molecule has 3 heterocycles. The highest BCUT2D eigenvalue weighted by atomic mass is 35.5. The Morgan fingerprint density at radius 1 is 1.10 bits per heavy atom. The predicted molar refractivity (Wildman–Crippen MR) is 112 cm³/mol. The maximum atomic E-state index is 12.3. The first-order chi connectivity index (χ1) is 14.1. The summed E-state index contributed by atoms with van der Waals surface area (Å²) in [5.74, 6) is 0.147. The summed E-state index contributed by atoms with van der Waals surface area (Å²) in [4.78, 5) is 30.3. The van der Waals surface area contributed by atoms with E-state index in [4.69, 9.17) is 16.3 Å². The molecule has 0 saturated carbocycles. The molecule has 1 N–H and O–H groups in total. The Morgan fingerprint density at radius 2 is 1.86 bits per heavy atom. The van der Waals surface area contributed by atoms with Crippen molar-refractivity contribution >= 4 is 29.1 Å². The monoisotopic (exact) mass is 413 g/mol. The highest BCUT2D eigenvalue weighted by molar-refractivity contribution is 6.32. The van der Waals surface area contributed by atoms with Crippen LogP contribution in [0.15, 0.2) is 36.5 Å². The molecule has 0 aliphatic carbocycles. The van der Waals surface area contributed by atoms with Crippen LogP contribution in [0.3, 0.4) is 0 Å². The van der Waals surface area contributed by atoms with Crippen molar-refractivity contribution in [2.75, 3.05) is 25.1 Å². The first-order valence-corrected chi connectivity index (χ1v) is 10.3. The highest BCUT2D eigenvalue weighted by Gasteiger charge is 2.31. The maximum absolute atomic E-state index is 12.3. The van der Waals surface area contributed by atoms with E-state index in [1.165, 1.54) is 0 Å². The molecule has 2 aliphatic rings. The molecule has 0 radical (unpaired) electrons. The summed E-state index contributed by atoms with van der Waals surface area (Å²) in [5, 5.41) is 3.09. The van der Waals surface area contributed by atoms with Gasteiger partial charge in [-0.25, -0.2) is 4.98 Å². The first-order valence-electron chi connectivity index (χ1n) is 9.94. The van der Waals surface area contributed by atoms with Crippen LogP contribution in [0.5, 0.6) is 5.88 Å². The van der Waals surface area contributed by atoms with Crippen molar-refractivity contribution in [3.63, 3.8) is 0 Å². The van der Waals surface area contributed by atoms with E-state index in [0.717, 1.165) is 42.7 Å². The quantitative estimate of drug-likeness (QED) is 0.774. The number of nitrogens with one attached hydrogen (secondary N) is 1. The minimum atomic E-state index is -0.361. The maximum Gasteiger partial charge on any atom is 0.237 e. The first kappa shape index (κ1) is 19.7. The average Bonchev–Trinajstić information content (AvgIpc) is 2.74. The summed E-state index contributed by atoms with van der Waals surface area (Å²) >= 11 is 6.77. The predicted octanol–water partition coefficient (Wildman–Crippen LogP) is 3.65. The van der Waals surface area contributed by atoms with Crippen molar-refractivity contribution in [1.29, 1.82) is 0 Å². The average molecular weight is 414 g/mol. The van der Waals surface area contributed by atoms with E-state index in [9.17, 15) is 9.59 Å². The number of halogens is 1. The van der Waals surface area contributed by atoms with Gasteiger partial charge in [0.2, 0.25) is 17.7 Å². The number of piperidine rings is 2. The van der Waals surface area contributed by atoms with Crippen LogP contribution in [0.1, 0.15) is 48.6 Å². The lowest BCUT2D eigenvalue weighted by Gasteiger charge is -2.35. The smallest absolute Gasteiger partial charge is 0.237 e. The van der Waals surface area contributed by atoms with E-state index in [-0.39, 0.29) is 17.7 Å². The largest absolute Gasteiger partial charge is 0.480 e. The Labute approximate surface area is 175 Å². The van der Waals surface area contributed by atoms with Gasteiger partial charge in [0, 0.05) is 30.7 Å². The SMILES string of the molecule is COc1ncccc1N1CCC(c2cccc(C3CCC(=O)NC3=O)c2Cl)CC1.